The standard InChI is InChI=1S/C10H18O3/c1-7-4-5-8(2)10(12,6-7)9(11)13-3/h7-8,12H,4-6H2,1-3H3. The molecular formula is C10H18O3. The van der Waals surface area contributed by atoms with Crippen LogP contribution >= 0.6 is 0 Å². The Bertz CT molecular complexity index is 202. The fraction of sp³-hybridized carbons (Fsp3) is 0.900. The molecule has 0 amide bonds. The van der Waals surface area contributed by atoms with Crippen LogP contribution in [0, 0.1) is 11.8 Å². The average molecular weight is 186 g/mol. The van der Waals surface area contributed by atoms with Crippen LogP contribution in [-0.2, 0) is 9.53 Å². The van der Waals surface area contributed by atoms with Crippen LogP contribution in [0.15, 0.2) is 0 Å². The van der Waals surface area contributed by atoms with Gasteiger partial charge in [0, 0.05) is 0 Å². The smallest absolute Gasteiger partial charge is 0.338 e. The Hall–Kier alpha value is -0.570. The van der Waals surface area contributed by atoms with Gasteiger partial charge >= 0.3 is 5.97 Å². The molecule has 3 atom stereocenters. The van der Waals surface area contributed by atoms with E-state index in [2.05, 4.69) is 11.7 Å². The Morgan fingerprint density at radius 1 is 1.46 bits per heavy atom. The first-order valence-electron chi connectivity index (χ1n) is 4.81. The maximum Gasteiger partial charge on any atom is 0.338 e. The first-order valence-corrected chi connectivity index (χ1v) is 4.81. The molecule has 3 unspecified atom stereocenters. The van der Waals surface area contributed by atoms with Gasteiger partial charge < -0.3 is 9.84 Å². The highest BCUT2D eigenvalue weighted by molar-refractivity contribution is 5.79. The molecular weight excluding hydrogens is 168 g/mol. The van der Waals surface area contributed by atoms with Crippen LogP contribution < -0.4 is 0 Å². The van der Waals surface area contributed by atoms with Crippen molar-refractivity contribution in [3.8, 4) is 0 Å². The summed E-state index contributed by atoms with van der Waals surface area (Å²) in [7, 11) is 1.33. The molecule has 13 heavy (non-hydrogen) atoms. The lowest BCUT2D eigenvalue weighted by Crippen LogP contribution is -2.49. The van der Waals surface area contributed by atoms with Crippen molar-refractivity contribution >= 4 is 5.97 Å². The number of rotatable bonds is 1. The van der Waals surface area contributed by atoms with Crippen molar-refractivity contribution in [2.45, 2.75) is 38.7 Å². The van der Waals surface area contributed by atoms with Gasteiger partial charge in [0.25, 0.3) is 0 Å². The van der Waals surface area contributed by atoms with Crippen LogP contribution in [0.25, 0.3) is 0 Å². The molecule has 1 N–H and O–H groups in total. The number of ether oxygens (including phenoxy) is 1. The van der Waals surface area contributed by atoms with E-state index in [0.29, 0.717) is 12.3 Å². The molecule has 0 aliphatic heterocycles. The summed E-state index contributed by atoms with van der Waals surface area (Å²) in [5.41, 5.74) is -1.24. The van der Waals surface area contributed by atoms with Crippen molar-refractivity contribution in [1.82, 2.24) is 0 Å². The molecule has 0 bridgehead atoms. The van der Waals surface area contributed by atoms with E-state index in [1.54, 1.807) is 0 Å². The first-order chi connectivity index (χ1) is 6.00. The van der Waals surface area contributed by atoms with Gasteiger partial charge in [0.1, 0.15) is 0 Å². The zero-order valence-corrected chi connectivity index (χ0v) is 8.54. The van der Waals surface area contributed by atoms with Gasteiger partial charge in [-0.15, -0.1) is 0 Å². The van der Waals surface area contributed by atoms with Crippen molar-refractivity contribution in [2.24, 2.45) is 11.8 Å². The summed E-state index contributed by atoms with van der Waals surface area (Å²) in [5, 5.41) is 10.1. The largest absolute Gasteiger partial charge is 0.467 e. The second-order valence-corrected chi connectivity index (χ2v) is 4.20. The van der Waals surface area contributed by atoms with Gasteiger partial charge in [-0.05, 0) is 24.7 Å². The molecule has 3 nitrogen and oxygen atoms in total. The van der Waals surface area contributed by atoms with E-state index in [-0.39, 0.29) is 5.92 Å². The minimum atomic E-state index is -1.24. The number of carbonyl (C=O) groups excluding carboxylic acids is 1. The normalized spacial score (nSPS) is 40.0. The molecule has 3 heteroatoms. The molecule has 0 saturated heterocycles. The molecule has 1 aliphatic carbocycles. The highest BCUT2D eigenvalue weighted by atomic mass is 16.5. The topological polar surface area (TPSA) is 46.5 Å². The number of carbonyl (C=O) groups is 1. The zero-order valence-electron chi connectivity index (χ0n) is 8.54. The van der Waals surface area contributed by atoms with Gasteiger partial charge in [0.15, 0.2) is 5.60 Å². The molecule has 0 heterocycles. The zero-order chi connectivity index (χ0) is 10.1. The molecule has 76 valence electrons. The number of hydrogen-bond acceptors (Lipinski definition) is 3. The van der Waals surface area contributed by atoms with Crippen molar-refractivity contribution < 1.29 is 14.6 Å². The second-order valence-electron chi connectivity index (χ2n) is 4.20. The Labute approximate surface area is 79.1 Å². The quantitative estimate of drug-likeness (QED) is 0.629. The van der Waals surface area contributed by atoms with Crippen LogP contribution in [-0.4, -0.2) is 23.8 Å². The van der Waals surface area contributed by atoms with E-state index in [1.807, 2.05) is 6.92 Å². The number of methoxy groups -OCH3 is 1. The molecule has 0 aromatic rings. The third-order valence-corrected chi connectivity index (χ3v) is 3.11. The third-order valence-electron chi connectivity index (χ3n) is 3.11. The monoisotopic (exact) mass is 186 g/mol. The molecule has 0 radical (unpaired) electrons. The fourth-order valence-corrected chi connectivity index (χ4v) is 2.07. The first kappa shape index (κ1) is 10.5. The van der Waals surface area contributed by atoms with E-state index < -0.39 is 11.6 Å². The van der Waals surface area contributed by atoms with Crippen molar-refractivity contribution in [2.75, 3.05) is 7.11 Å². The van der Waals surface area contributed by atoms with Gasteiger partial charge in [-0.3, -0.25) is 0 Å². The Kier molecular flexibility index (Phi) is 2.96. The molecule has 0 spiro atoms. The molecule has 0 aromatic carbocycles. The SMILES string of the molecule is COC(=O)C1(O)CC(C)CCC1C. The van der Waals surface area contributed by atoms with E-state index >= 15 is 0 Å². The maximum absolute atomic E-state index is 11.4. The number of esters is 1. The highest BCUT2D eigenvalue weighted by Gasteiger charge is 2.46. The third kappa shape index (κ3) is 1.85. The molecule has 1 fully saturated rings. The van der Waals surface area contributed by atoms with Gasteiger partial charge in [-0.25, -0.2) is 4.79 Å². The van der Waals surface area contributed by atoms with Crippen LogP contribution in [0.4, 0.5) is 0 Å². The van der Waals surface area contributed by atoms with Crippen LogP contribution in [0.2, 0.25) is 0 Å². The summed E-state index contributed by atoms with van der Waals surface area (Å²) in [4.78, 5) is 11.4. The Morgan fingerprint density at radius 2 is 2.08 bits per heavy atom. The lowest BCUT2D eigenvalue weighted by atomic mass is 9.72. The van der Waals surface area contributed by atoms with E-state index in [0.717, 1.165) is 12.8 Å². The predicted molar refractivity (Wildman–Crippen MR) is 49.1 cm³/mol. The molecule has 1 rings (SSSR count). The summed E-state index contributed by atoms with van der Waals surface area (Å²) in [5.74, 6) is -0.0667. The number of hydrogen-bond donors (Lipinski definition) is 1. The minimum Gasteiger partial charge on any atom is -0.467 e. The van der Waals surface area contributed by atoms with E-state index in [1.165, 1.54) is 7.11 Å². The minimum absolute atomic E-state index is 0.0103. The Morgan fingerprint density at radius 3 is 2.62 bits per heavy atom. The summed E-state index contributed by atoms with van der Waals surface area (Å²) >= 11 is 0. The van der Waals surface area contributed by atoms with Gasteiger partial charge in [0.2, 0.25) is 0 Å². The predicted octanol–water partition coefficient (Wildman–Crippen LogP) is 1.35. The summed E-state index contributed by atoms with van der Waals surface area (Å²) in [6.07, 6.45) is 2.51. The number of aliphatic hydroxyl groups is 1. The highest BCUT2D eigenvalue weighted by Crippen LogP contribution is 2.37. The molecule has 1 aliphatic rings. The fourth-order valence-electron chi connectivity index (χ4n) is 2.07. The summed E-state index contributed by atoms with van der Waals surface area (Å²) in [6, 6.07) is 0. The van der Waals surface area contributed by atoms with Crippen molar-refractivity contribution in [3.63, 3.8) is 0 Å². The summed E-state index contributed by atoms with van der Waals surface area (Å²) in [6.45, 7) is 3.96. The average Bonchev–Trinajstić information content (AvgIpc) is 2.10. The van der Waals surface area contributed by atoms with E-state index in [9.17, 15) is 9.90 Å². The lowest BCUT2D eigenvalue weighted by Gasteiger charge is -2.38. The van der Waals surface area contributed by atoms with Gasteiger partial charge in [-0.2, -0.15) is 0 Å². The Balaban J connectivity index is 2.78. The summed E-state index contributed by atoms with van der Waals surface area (Å²) < 4.78 is 4.62. The molecule has 0 aromatic heterocycles. The lowest BCUT2D eigenvalue weighted by molar-refractivity contribution is -0.174. The van der Waals surface area contributed by atoms with Crippen molar-refractivity contribution in [3.05, 3.63) is 0 Å². The second kappa shape index (κ2) is 3.66. The molecule has 1 saturated carbocycles. The van der Waals surface area contributed by atoms with Crippen LogP contribution in [0.3, 0.4) is 0 Å². The van der Waals surface area contributed by atoms with E-state index in [4.69, 9.17) is 0 Å². The maximum atomic E-state index is 11.4. The van der Waals surface area contributed by atoms with Gasteiger partial charge in [0.05, 0.1) is 7.11 Å². The van der Waals surface area contributed by atoms with Crippen molar-refractivity contribution in [1.29, 1.82) is 0 Å². The van der Waals surface area contributed by atoms with Crippen LogP contribution in [0.5, 0.6) is 0 Å². The van der Waals surface area contributed by atoms with Gasteiger partial charge in [-0.1, -0.05) is 20.3 Å². The van der Waals surface area contributed by atoms with Crippen LogP contribution in [0.1, 0.15) is 33.1 Å².